The molecule has 23 heavy (non-hydrogen) atoms. The molecule has 0 unspecified atom stereocenters. The molecule has 122 valence electrons. The number of benzene rings is 1. The first-order chi connectivity index (χ1) is 11.3. The minimum Gasteiger partial charge on any atom is -0.355 e. The lowest BCUT2D eigenvalue weighted by atomic mass is 10.0. The summed E-state index contributed by atoms with van der Waals surface area (Å²) in [6.07, 6.45) is 2.23. The Bertz CT molecular complexity index is 641. The molecule has 1 aromatic heterocycles. The maximum absolute atomic E-state index is 12.0. The molecule has 3 rings (SSSR count). The van der Waals surface area contributed by atoms with Gasteiger partial charge in [0.15, 0.2) is 5.82 Å². The quantitative estimate of drug-likeness (QED) is 0.915. The van der Waals surface area contributed by atoms with Gasteiger partial charge in [0.25, 0.3) is 0 Å². The standard InChI is InChI=1S/C17H22N4O2/c1-2-6-17-19-15(20-23-17)12-21-10-9-18-16(22)11-14(21)13-7-4-3-5-8-13/h3-5,7-8,14H,2,6,9-12H2,1H3,(H,18,22)/t14-/m1/s1. The Morgan fingerprint density at radius 1 is 1.35 bits per heavy atom. The second-order valence-electron chi connectivity index (χ2n) is 5.81. The van der Waals surface area contributed by atoms with Crippen LogP contribution in [0.5, 0.6) is 0 Å². The molecule has 0 bridgehead atoms. The van der Waals surface area contributed by atoms with Gasteiger partial charge in [-0.05, 0) is 12.0 Å². The molecule has 1 aromatic carbocycles. The summed E-state index contributed by atoms with van der Waals surface area (Å²) in [5.41, 5.74) is 1.14. The summed E-state index contributed by atoms with van der Waals surface area (Å²) in [4.78, 5) is 18.7. The van der Waals surface area contributed by atoms with E-state index >= 15 is 0 Å². The summed E-state index contributed by atoms with van der Waals surface area (Å²) in [6, 6.07) is 10.2. The van der Waals surface area contributed by atoms with Crippen LogP contribution in [0, 0.1) is 0 Å². The Morgan fingerprint density at radius 2 is 2.17 bits per heavy atom. The highest BCUT2D eigenvalue weighted by Gasteiger charge is 2.27. The summed E-state index contributed by atoms with van der Waals surface area (Å²) in [6.45, 7) is 4.08. The fourth-order valence-corrected chi connectivity index (χ4v) is 2.92. The van der Waals surface area contributed by atoms with Crippen LogP contribution in [0.15, 0.2) is 34.9 Å². The van der Waals surface area contributed by atoms with Gasteiger partial charge in [-0.3, -0.25) is 9.69 Å². The van der Waals surface area contributed by atoms with Gasteiger partial charge in [0.2, 0.25) is 11.8 Å². The molecule has 6 heteroatoms. The summed E-state index contributed by atoms with van der Waals surface area (Å²) in [7, 11) is 0. The van der Waals surface area contributed by atoms with E-state index < -0.39 is 0 Å². The molecule has 0 spiro atoms. The van der Waals surface area contributed by atoms with Crippen LogP contribution < -0.4 is 5.32 Å². The van der Waals surface area contributed by atoms with Crippen LogP contribution in [0.3, 0.4) is 0 Å². The highest BCUT2D eigenvalue weighted by atomic mass is 16.5. The molecular formula is C17H22N4O2. The lowest BCUT2D eigenvalue weighted by molar-refractivity contribution is -0.121. The zero-order valence-corrected chi connectivity index (χ0v) is 13.4. The van der Waals surface area contributed by atoms with Crippen molar-refractivity contribution in [1.29, 1.82) is 0 Å². The van der Waals surface area contributed by atoms with Gasteiger partial charge in [0.1, 0.15) is 0 Å². The fourth-order valence-electron chi connectivity index (χ4n) is 2.92. The molecular weight excluding hydrogens is 292 g/mol. The third kappa shape index (κ3) is 3.96. The van der Waals surface area contributed by atoms with Gasteiger partial charge in [-0.2, -0.15) is 4.98 Å². The van der Waals surface area contributed by atoms with E-state index in [9.17, 15) is 4.79 Å². The second kappa shape index (κ2) is 7.37. The normalized spacial score (nSPS) is 19.3. The first-order valence-corrected chi connectivity index (χ1v) is 8.13. The van der Waals surface area contributed by atoms with Crippen molar-refractivity contribution in [3.8, 4) is 0 Å². The van der Waals surface area contributed by atoms with Gasteiger partial charge in [0.05, 0.1) is 6.54 Å². The zero-order chi connectivity index (χ0) is 16.1. The molecule has 1 aliphatic heterocycles. The minimum atomic E-state index is 0.0341. The van der Waals surface area contributed by atoms with Gasteiger partial charge in [-0.1, -0.05) is 42.4 Å². The third-order valence-corrected chi connectivity index (χ3v) is 4.04. The van der Waals surface area contributed by atoms with Crippen molar-refractivity contribution < 1.29 is 9.32 Å². The number of rotatable bonds is 5. The zero-order valence-electron chi connectivity index (χ0n) is 13.4. The fraction of sp³-hybridized carbons (Fsp3) is 0.471. The van der Waals surface area contributed by atoms with Gasteiger partial charge in [-0.15, -0.1) is 0 Å². The molecule has 1 atom stereocenters. The van der Waals surface area contributed by atoms with E-state index in [0.29, 0.717) is 31.2 Å². The number of amides is 1. The number of hydrogen-bond donors (Lipinski definition) is 1. The Labute approximate surface area is 135 Å². The SMILES string of the molecule is CCCc1nc(CN2CCNC(=O)C[C@@H]2c2ccccc2)no1. The van der Waals surface area contributed by atoms with E-state index in [4.69, 9.17) is 4.52 Å². The number of aryl methyl sites for hydroxylation is 1. The van der Waals surface area contributed by atoms with Crippen LogP contribution in [-0.4, -0.2) is 34.0 Å². The smallest absolute Gasteiger partial charge is 0.226 e. The number of nitrogens with one attached hydrogen (secondary N) is 1. The Balaban J connectivity index is 1.79. The molecule has 0 saturated carbocycles. The number of aromatic nitrogens is 2. The largest absolute Gasteiger partial charge is 0.355 e. The third-order valence-electron chi connectivity index (χ3n) is 4.04. The molecule has 2 heterocycles. The average molecular weight is 314 g/mol. The summed E-state index contributed by atoms with van der Waals surface area (Å²) < 4.78 is 5.27. The summed E-state index contributed by atoms with van der Waals surface area (Å²) in [5.74, 6) is 1.45. The monoisotopic (exact) mass is 314 g/mol. The molecule has 1 amide bonds. The van der Waals surface area contributed by atoms with Crippen LogP contribution in [0.4, 0.5) is 0 Å². The summed E-state index contributed by atoms with van der Waals surface area (Å²) >= 11 is 0. The van der Waals surface area contributed by atoms with Crippen molar-refractivity contribution in [3.63, 3.8) is 0 Å². The number of carbonyl (C=O) groups is 1. The molecule has 0 aliphatic carbocycles. The van der Waals surface area contributed by atoms with Crippen molar-refractivity contribution in [1.82, 2.24) is 20.4 Å². The van der Waals surface area contributed by atoms with Crippen LogP contribution in [-0.2, 0) is 17.8 Å². The second-order valence-corrected chi connectivity index (χ2v) is 5.81. The Morgan fingerprint density at radius 3 is 2.96 bits per heavy atom. The molecule has 1 saturated heterocycles. The Hall–Kier alpha value is -2.21. The highest BCUT2D eigenvalue weighted by Crippen LogP contribution is 2.26. The maximum atomic E-state index is 12.0. The number of carbonyl (C=O) groups excluding carboxylic acids is 1. The molecule has 1 aliphatic rings. The first-order valence-electron chi connectivity index (χ1n) is 8.13. The van der Waals surface area contributed by atoms with Crippen LogP contribution in [0.2, 0.25) is 0 Å². The molecule has 6 nitrogen and oxygen atoms in total. The van der Waals surface area contributed by atoms with Crippen LogP contribution in [0.1, 0.15) is 43.1 Å². The summed E-state index contributed by atoms with van der Waals surface area (Å²) in [5, 5.41) is 7.01. The lowest BCUT2D eigenvalue weighted by Gasteiger charge is -2.28. The van der Waals surface area contributed by atoms with E-state index in [1.807, 2.05) is 18.2 Å². The van der Waals surface area contributed by atoms with E-state index in [1.165, 1.54) is 0 Å². The van der Waals surface area contributed by atoms with Gasteiger partial charge in [0, 0.05) is 32.0 Å². The van der Waals surface area contributed by atoms with Crippen LogP contribution >= 0.6 is 0 Å². The molecule has 1 fully saturated rings. The van der Waals surface area contributed by atoms with Gasteiger partial charge < -0.3 is 9.84 Å². The predicted molar refractivity (Wildman–Crippen MR) is 85.5 cm³/mol. The number of nitrogens with zero attached hydrogens (tertiary/aromatic N) is 3. The van der Waals surface area contributed by atoms with E-state index in [0.717, 1.165) is 24.9 Å². The van der Waals surface area contributed by atoms with E-state index in [-0.39, 0.29) is 11.9 Å². The lowest BCUT2D eigenvalue weighted by Crippen LogP contribution is -2.31. The van der Waals surface area contributed by atoms with Crippen molar-refractivity contribution in [2.45, 2.75) is 38.8 Å². The number of hydrogen-bond acceptors (Lipinski definition) is 5. The Kier molecular flexibility index (Phi) is 5.02. The first kappa shape index (κ1) is 15.7. The topological polar surface area (TPSA) is 71.3 Å². The van der Waals surface area contributed by atoms with E-state index in [2.05, 4.69) is 39.4 Å². The van der Waals surface area contributed by atoms with Gasteiger partial charge in [-0.25, -0.2) is 0 Å². The van der Waals surface area contributed by atoms with Crippen molar-refractivity contribution in [3.05, 3.63) is 47.6 Å². The van der Waals surface area contributed by atoms with Crippen molar-refractivity contribution in [2.24, 2.45) is 0 Å². The molecule has 2 aromatic rings. The molecule has 0 radical (unpaired) electrons. The average Bonchev–Trinajstić information content (AvgIpc) is 2.91. The van der Waals surface area contributed by atoms with Crippen molar-refractivity contribution in [2.75, 3.05) is 13.1 Å². The maximum Gasteiger partial charge on any atom is 0.226 e. The van der Waals surface area contributed by atoms with Gasteiger partial charge >= 0.3 is 0 Å². The van der Waals surface area contributed by atoms with Crippen LogP contribution in [0.25, 0.3) is 0 Å². The molecule has 1 N–H and O–H groups in total. The highest BCUT2D eigenvalue weighted by molar-refractivity contribution is 5.77. The van der Waals surface area contributed by atoms with Crippen molar-refractivity contribution >= 4 is 5.91 Å². The van der Waals surface area contributed by atoms with E-state index in [1.54, 1.807) is 0 Å². The predicted octanol–water partition coefficient (Wildman–Crippen LogP) is 2.09. The minimum absolute atomic E-state index is 0.0341.